The van der Waals surface area contributed by atoms with Crippen molar-refractivity contribution in [3.63, 3.8) is 0 Å². The fourth-order valence-electron chi connectivity index (χ4n) is 3.78. The molecule has 5 rings (SSSR count). The van der Waals surface area contributed by atoms with Crippen LogP contribution < -0.4 is 5.56 Å². The lowest BCUT2D eigenvalue weighted by Crippen LogP contribution is -2.26. The highest BCUT2D eigenvalue weighted by Gasteiger charge is 2.22. The van der Waals surface area contributed by atoms with Gasteiger partial charge in [0, 0.05) is 6.54 Å². The molecule has 146 valence electrons. The molecule has 0 aliphatic rings. The number of hydrogen-bond acceptors (Lipinski definition) is 5. The standard InChI is InChI=1S/C22H21N5O2/c1-13(2)11-26-14(3)23-20-18(22(26)28)19-21(27(20)12-15-7-6-10-29-15)25-17-9-5-4-8-16(17)24-19/h4-10,13H,11-12H2,1-3H3. The van der Waals surface area contributed by atoms with Gasteiger partial charge < -0.3 is 8.98 Å². The van der Waals surface area contributed by atoms with E-state index in [1.165, 1.54) is 0 Å². The average Bonchev–Trinajstić information content (AvgIpc) is 3.30. The van der Waals surface area contributed by atoms with Crippen LogP contribution in [0, 0.1) is 12.8 Å². The highest BCUT2D eigenvalue weighted by molar-refractivity contribution is 6.04. The molecule has 5 aromatic rings. The zero-order valence-corrected chi connectivity index (χ0v) is 16.6. The van der Waals surface area contributed by atoms with Gasteiger partial charge in [0.05, 0.1) is 23.8 Å². The summed E-state index contributed by atoms with van der Waals surface area (Å²) in [6.07, 6.45) is 1.64. The first kappa shape index (κ1) is 17.6. The minimum absolute atomic E-state index is 0.0750. The lowest BCUT2D eigenvalue weighted by Gasteiger charge is -2.12. The molecule has 0 amide bonds. The Morgan fingerprint density at radius 1 is 0.966 bits per heavy atom. The molecule has 4 heterocycles. The zero-order valence-electron chi connectivity index (χ0n) is 16.6. The molecule has 29 heavy (non-hydrogen) atoms. The number of fused-ring (bicyclic) bond motifs is 4. The molecule has 7 nitrogen and oxygen atoms in total. The van der Waals surface area contributed by atoms with Crippen LogP contribution in [0.15, 0.2) is 51.9 Å². The maximum Gasteiger partial charge on any atom is 0.265 e. The predicted octanol–water partition coefficient (Wildman–Crippen LogP) is 3.90. The molecule has 4 aromatic heterocycles. The SMILES string of the molecule is Cc1nc2c(c(=O)n1CC(C)C)c1nc3ccccc3nc1n2Cc1ccco1. The monoisotopic (exact) mass is 387 g/mol. The molecular formula is C22H21N5O2. The van der Waals surface area contributed by atoms with Crippen LogP contribution in [-0.4, -0.2) is 24.1 Å². The van der Waals surface area contributed by atoms with Gasteiger partial charge in [0.1, 0.15) is 22.5 Å². The summed E-state index contributed by atoms with van der Waals surface area (Å²) in [6.45, 7) is 7.09. The van der Waals surface area contributed by atoms with Crippen molar-refractivity contribution in [3.05, 3.63) is 64.6 Å². The summed E-state index contributed by atoms with van der Waals surface area (Å²) in [5, 5.41) is 0.510. The molecule has 0 spiro atoms. The Morgan fingerprint density at radius 2 is 1.72 bits per heavy atom. The minimum Gasteiger partial charge on any atom is -0.467 e. The number of hydrogen-bond donors (Lipinski definition) is 0. The van der Waals surface area contributed by atoms with E-state index in [2.05, 4.69) is 13.8 Å². The molecule has 0 saturated carbocycles. The first-order valence-electron chi connectivity index (χ1n) is 9.71. The van der Waals surface area contributed by atoms with Crippen LogP contribution in [0.3, 0.4) is 0 Å². The molecule has 0 atom stereocenters. The second-order valence-electron chi connectivity index (χ2n) is 7.72. The van der Waals surface area contributed by atoms with Gasteiger partial charge in [-0.15, -0.1) is 0 Å². The van der Waals surface area contributed by atoms with E-state index in [0.717, 1.165) is 16.8 Å². The van der Waals surface area contributed by atoms with Crippen LogP contribution in [0.5, 0.6) is 0 Å². The van der Waals surface area contributed by atoms with Crippen molar-refractivity contribution < 1.29 is 4.42 Å². The molecule has 1 aromatic carbocycles. The Bertz CT molecular complexity index is 1410. The molecule has 0 bridgehead atoms. The van der Waals surface area contributed by atoms with Gasteiger partial charge in [-0.3, -0.25) is 9.36 Å². The Labute approximate surface area is 166 Å². The van der Waals surface area contributed by atoms with Gasteiger partial charge in [-0.25, -0.2) is 15.0 Å². The molecule has 0 saturated heterocycles. The van der Waals surface area contributed by atoms with Crippen molar-refractivity contribution in [3.8, 4) is 0 Å². The third kappa shape index (κ3) is 2.81. The van der Waals surface area contributed by atoms with Gasteiger partial charge >= 0.3 is 0 Å². The van der Waals surface area contributed by atoms with Gasteiger partial charge in [0.25, 0.3) is 5.56 Å². The first-order chi connectivity index (χ1) is 14.0. The number of aryl methyl sites for hydroxylation is 1. The third-order valence-corrected chi connectivity index (χ3v) is 5.08. The normalized spacial score (nSPS) is 12.0. The molecular weight excluding hydrogens is 366 g/mol. The fraction of sp³-hybridized carbons (Fsp3) is 0.273. The van der Waals surface area contributed by atoms with E-state index in [-0.39, 0.29) is 5.56 Å². The Balaban J connectivity index is 1.91. The van der Waals surface area contributed by atoms with Gasteiger partial charge in [-0.1, -0.05) is 26.0 Å². The number of nitrogens with zero attached hydrogens (tertiary/aromatic N) is 5. The van der Waals surface area contributed by atoms with Crippen molar-refractivity contribution in [1.29, 1.82) is 0 Å². The zero-order chi connectivity index (χ0) is 20.1. The van der Waals surface area contributed by atoms with Crippen LogP contribution in [-0.2, 0) is 13.1 Å². The number of benzene rings is 1. The van der Waals surface area contributed by atoms with Crippen molar-refractivity contribution in [2.75, 3.05) is 0 Å². The maximum atomic E-state index is 13.5. The van der Waals surface area contributed by atoms with Crippen molar-refractivity contribution in [2.24, 2.45) is 5.92 Å². The Morgan fingerprint density at radius 3 is 2.41 bits per heavy atom. The van der Waals surface area contributed by atoms with Gasteiger partial charge in [0.2, 0.25) is 0 Å². The smallest absolute Gasteiger partial charge is 0.265 e. The molecule has 0 aliphatic carbocycles. The van der Waals surface area contributed by atoms with Gasteiger partial charge in [-0.05, 0) is 37.1 Å². The lowest BCUT2D eigenvalue weighted by atomic mass is 10.2. The van der Waals surface area contributed by atoms with Crippen LogP contribution in [0.25, 0.3) is 33.2 Å². The number of para-hydroxylation sites is 2. The summed E-state index contributed by atoms with van der Waals surface area (Å²) in [5.74, 6) is 1.78. The fourth-order valence-corrected chi connectivity index (χ4v) is 3.78. The van der Waals surface area contributed by atoms with Gasteiger partial charge in [0.15, 0.2) is 11.3 Å². The van der Waals surface area contributed by atoms with E-state index in [1.54, 1.807) is 10.8 Å². The topological polar surface area (TPSA) is 78.7 Å². The van der Waals surface area contributed by atoms with Crippen molar-refractivity contribution in [1.82, 2.24) is 24.1 Å². The third-order valence-electron chi connectivity index (χ3n) is 5.08. The van der Waals surface area contributed by atoms with Crippen molar-refractivity contribution >= 4 is 33.2 Å². The van der Waals surface area contributed by atoms with E-state index >= 15 is 0 Å². The highest BCUT2D eigenvalue weighted by Crippen LogP contribution is 2.26. The summed E-state index contributed by atoms with van der Waals surface area (Å²) in [7, 11) is 0. The molecule has 0 fully saturated rings. The van der Waals surface area contributed by atoms with Crippen LogP contribution in [0.1, 0.15) is 25.4 Å². The van der Waals surface area contributed by atoms with Crippen LogP contribution >= 0.6 is 0 Å². The van der Waals surface area contributed by atoms with Crippen molar-refractivity contribution in [2.45, 2.75) is 33.9 Å². The van der Waals surface area contributed by atoms with E-state index in [9.17, 15) is 4.79 Å². The largest absolute Gasteiger partial charge is 0.467 e. The maximum absolute atomic E-state index is 13.5. The number of furan rings is 1. The molecule has 7 heteroatoms. The summed E-state index contributed by atoms with van der Waals surface area (Å²) < 4.78 is 9.21. The predicted molar refractivity (Wildman–Crippen MR) is 112 cm³/mol. The van der Waals surface area contributed by atoms with Crippen LogP contribution in [0.4, 0.5) is 0 Å². The molecule has 0 unspecified atom stereocenters. The van der Waals surface area contributed by atoms with E-state index in [0.29, 0.717) is 47.0 Å². The molecule has 0 N–H and O–H groups in total. The summed E-state index contributed by atoms with van der Waals surface area (Å²) >= 11 is 0. The summed E-state index contributed by atoms with van der Waals surface area (Å²) in [4.78, 5) is 27.9. The number of aromatic nitrogens is 5. The minimum atomic E-state index is -0.0750. The quantitative estimate of drug-likeness (QED) is 0.467. The Kier molecular flexibility index (Phi) is 3.97. The molecule has 0 radical (unpaired) electrons. The van der Waals surface area contributed by atoms with E-state index < -0.39 is 0 Å². The summed E-state index contributed by atoms with van der Waals surface area (Å²) in [6, 6.07) is 11.4. The lowest BCUT2D eigenvalue weighted by molar-refractivity contribution is 0.493. The second kappa shape index (κ2) is 6.55. The summed E-state index contributed by atoms with van der Waals surface area (Å²) in [5.41, 5.74) is 3.28. The van der Waals surface area contributed by atoms with Crippen LogP contribution in [0.2, 0.25) is 0 Å². The average molecular weight is 387 g/mol. The first-order valence-corrected chi connectivity index (χ1v) is 9.71. The Hall–Kier alpha value is -3.48. The van der Waals surface area contributed by atoms with E-state index in [4.69, 9.17) is 19.4 Å². The van der Waals surface area contributed by atoms with Gasteiger partial charge in [-0.2, -0.15) is 0 Å². The van der Waals surface area contributed by atoms with E-state index in [1.807, 2.05) is 47.9 Å². The molecule has 0 aliphatic heterocycles. The number of rotatable bonds is 4. The highest BCUT2D eigenvalue weighted by atomic mass is 16.3. The second-order valence-corrected chi connectivity index (χ2v) is 7.72.